The highest BCUT2D eigenvalue weighted by molar-refractivity contribution is 5.82. The van der Waals surface area contributed by atoms with Crippen molar-refractivity contribution in [3.05, 3.63) is 0 Å². The molecule has 0 bridgehead atoms. The van der Waals surface area contributed by atoms with Crippen LogP contribution in [0.2, 0.25) is 0 Å². The van der Waals surface area contributed by atoms with E-state index < -0.39 is 0 Å². The van der Waals surface area contributed by atoms with Gasteiger partial charge < -0.3 is 9.47 Å². The number of unbranched alkanes of at least 4 members (excludes halogenated alkanes) is 3. The molecule has 126 valence electrons. The van der Waals surface area contributed by atoms with E-state index in [2.05, 4.69) is 6.92 Å². The molecule has 2 fully saturated rings. The minimum absolute atomic E-state index is 0.0974. The maximum absolute atomic E-state index is 12.3. The fourth-order valence-corrected chi connectivity index (χ4v) is 3.24. The van der Waals surface area contributed by atoms with E-state index in [-0.39, 0.29) is 29.9 Å². The van der Waals surface area contributed by atoms with Crippen LogP contribution in [0.15, 0.2) is 0 Å². The second kappa shape index (κ2) is 9.16. The minimum Gasteiger partial charge on any atom is -0.465 e. The van der Waals surface area contributed by atoms with Crippen LogP contribution in [0.3, 0.4) is 0 Å². The predicted molar refractivity (Wildman–Crippen MR) is 84.3 cm³/mol. The molecule has 2 aliphatic rings. The van der Waals surface area contributed by atoms with Crippen LogP contribution in [-0.2, 0) is 19.1 Å². The van der Waals surface area contributed by atoms with Crippen LogP contribution < -0.4 is 0 Å². The Morgan fingerprint density at radius 2 is 1.55 bits per heavy atom. The lowest BCUT2D eigenvalue weighted by Gasteiger charge is -2.32. The molecule has 0 aromatic rings. The van der Waals surface area contributed by atoms with E-state index in [1.165, 1.54) is 12.8 Å². The van der Waals surface area contributed by atoms with Gasteiger partial charge in [0.15, 0.2) is 0 Å². The third-order valence-electron chi connectivity index (χ3n) is 4.95. The molecule has 0 amide bonds. The maximum Gasteiger partial charge on any atom is 0.310 e. The Balaban J connectivity index is 1.77. The highest BCUT2D eigenvalue weighted by Crippen LogP contribution is 2.33. The summed E-state index contributed by atoms with van der Waals surface area (Å²) in [6.07, 6.45) is 11.1. The quantitative estimate of drug-likeness (QED) is 0.502. The monoisotopic (exact) mass is 310 g/mol. The molecule has 22 heavy (non-hydrogen) atoms. The van der Waals surface area contributed by atoms with Crippen LogP contribution in [0.25, 0.3) is 0 Å². The molecule has 0 aromatic heterocycles. The van der Waals surface area contributed by atoms with Gasteiger partial charge in [0, 0.05) is 0 Å². The van der Waals surface area contributed by atoms with Crippen molar-refractivity contribution in [2.24, 2.45) is 11.8 Å². The van der Waals surface area contributed by atoms with Crippen molar-refractivity contribution in [1.82, 2.24) is 0 Å². The van der Waals surface area contributed by atoms with Gasteiger partial charge in [-0.2, -0.15) is 0 Å². The van der Waals surface area contributed by atoms with Crippen LogP contribution in [0, 0.1) is 11.8 Å². The number of hydrogen-bond donors (Lipinski definition) is 0. The van der Waals surface area contributed by atoms with Crippen LogP contribution >= 0.6 is 0 Å². The van der Waals surface area contributed by atoms with Gasteiger partial charge in [-0.3, -0.25) is 9.59 Å². The van der Waals surface area contributed by atoms with Gasteiger partial charge >= 0.3 is 11.9 Å². The fourth-order valence-electron chi connectivity index (χ4n) is 3.24. The molecular weight excluding hydrogens is 280 g/mol. The van der Waals surface area contributed by atoms with Crippen molar-refractivity contribution in [3.8, 4) is 0 Å². The maximum atomic E-state index is 12.3. The number of hydrogen-bond acceptors (Lipinski definition) is 4. The van der Waals surface area contributed by atoms with Crippen molar-refractivity contribution >= 4 is 11.9 Å². The third-order valence-corrected chi connectivity index (χ3v) is 4.95. The lowest BCUT2D eigenvalue weighted by atomic mass is 9.79. The van der Waals surface area contributed by atoms with E-state index in [0.29, 0.717) is 6.61 Å². The van der Waals surface area contributed by atoms with Crippen molar-refractivity contribution in [2.75, 3.05) is 6.61 Å². The number of carbonyl (C=O) groups excluding carboxylic acids is 2. The molecule has 2 rings (SSSR count). The molecule has 0 radical (unpaired) electrons. The zero-order valence-corrected chi connectivity index (χ0v) is 13.9. The Morgan fingerprint density at radius 3 is 2.14 bits per heavy atom. The Bertz CT molecular complexity index is 362. The Morgan fingerprint density at radius 1 is 0.864 bits per heavy atom. The Labute approximate surface area is 133 Å². The second-order valence-electron chi connectivity index (χ2n) is 6.72. The molecule has 0 aromatic carbocycles. The van der Waals surface area contributed by atoms with E-state index in [0.717, 1.165) is 57.8 Å². The molecule has 4 heteroatoms. The highest BCUT2D eigenvalue weighted by atomic mass is 16.5. The van der Waals surface area contributed by atoms with Gasteiger partial charge in [-0.15, -0.1) is 0 Å². The lowest BCUT2D eigenvalue weighted by molar-refractivity contribution is -0.168. The smallest absolute Gasteiger partial charge is 0.310 e. The van der Waals surface area contributed by atoms with Gasteiger partial charge in [-0.25, -0.2) is 0 Å². The number of rotatable bonds is 8. The zero-order valence-electron chi connectivity index (χ0n) is 13.9. The summed E-state index contributed by atoms with van der Waals surface area (Å²) in [6, 6.07) is 0. The normalized spacial score (nSPS) is 25.3. The van der Waals surface area contributed by atoms with Gasteiger partial charge in [-0.1, -0.05) is 39.0 Å². The average molecular weight is 310 g/mol. The van der Waals surface area contributed by atoms with E-state index >= 15 is 0 Å². The van der Waals surface area contributed by atoms with Crippen LogP contribution in [0.4, 0.5) is 0 Å². The Hall–Kier alpha value is -1.06. The summed E-state index contributed by atoms with van der Waals surface area (Å²) < 4.78 is 10.9. The van der Waals surface area contributed by atoms with Crippen molar-refractivity contribution < 1.29 is 19.1 Å². The second-order valence-corrected chi connectivity index (χ2v) is 6.72. The van der Waals surface area contributed by atoms with Gasteiger partial charge in [0.05, 0.1) is 18.4 Å². The minimum atomic E-state index is -0.285. The van der Waals surface area contributed by atoms with Gasteiger partial charge in [0.25, 0.3) is 0 Å². The number of esters is 2. The number of carbonyl (C=O) groups is 2. The fraction of sp³-hybridized carbons (Fsp3) is 0.889. The van der Waals surface area contributed by atoms with Crippen molar-refractivity contribution in [1.29, 1.82) is 0 Å². The standard InChI is InChI=1S/C18H30O4/c1-2-3-4-7-13-21-17(19)15-11-5-6-12-16(15)18(20)22-14-9-8-10-14/h14-16H,2-13H2,1H3. The van der Waals surface area contributed by atoms with E-state index in [9.17, 15) is 9.59 Å². The first kappa shape index (κ1) is 17.3. The molecule has 0 heterocycles. The summed E-state index contributed by atoms with van der Waals surface area (Å²) >= 11 is 0. The van der Waals surface area contributed by atoms with Gasteiger partial charge in [0.2, 0.25) is 0 Å². The highest BCUT2D eigenvalue weighted by Gasteiger charge is 2.39. The number of ether oxygens (including phenoxy) is 2. The third kappa shape index (κ3) is 4.99. The van der Waals surface area contributed by atoms with Crippen LogP contribution in [0.5, 0.6) is 0 Å². The van der Waals surface area contributed by atoms with E-state index in [1.54, 1.807) is 0 Å². The van der Waals surface area contributed by atoms with Crippen molar-refractivity contribution in [3.63, 3.8) is 0 Å². The lowest BCUT2D eigenvalue weighted by Crippen LogP contribution is -2.37. The molecular formula is C18H30O4. The summed E-state index contributed by atoms with van der Waals surface area (Å²) in [5.74, 6) is -0.922. The predicted octanol–water partition coefficient (Wildman–Crippen LogP) is 4.01. The average Bonchev–Trinajstić information content (AvgIpc) is 2.50. The largest absolute Gasteiger partial charge is 0.465 e. The molecule has 0 aliphatic heterocycles. The SMILES string of the molecule is CCCCCCOC(=O)C1CCCCC1C(=O)OC1CCC1. The first-order valence-electron chi connectivity index (χ1n) is 9.09. The molecule has 0 spiro atoms. The molecule has 2 unspecified atom stereocenters. The van der Waals surface area contributed by atoms with E-state index in [1.807, 2.05) is 0 Å². The summed E-state index contributed by atoms with van der Waals surface area (Å²) in [5, 5.41) is 0. The Kier molecular flexibility index (Phi) is 7.20. The molecule has 2 aliphatic carbocycles. The van der Waals surface area contributed by atoms with Crippen molar-refractivity contribution in [2.45, 2.75) is 83.7 Å². The molecule has 0 N–H and O–H groups in total. The molecule has 2 saturated carbocycles. The van der Waals surface area contributed by atoms with Gasteiger partial charge in [-0.05, 0) is 38.5 Å². The zero-order chi connectivity index (χ0) is 15.8. The first-order valence-corrected chi connectivity index (χ1v) is 9.09. The molecule has 2 atom stereocenters. The van der Waals surface area contributed by atoms with E-state index in [4.69, 9.17) is 9.47 Å². The van der Waals surface area contributed by atoms with Gasteiger partial charge in [0.1, 0.15) is 6.10 Å². The summed E-state index contributed by atoms with van der Waals surface area (Å²) in [6.45, 7) is 2.64. The summed E-state index contributed by atoms with van der Waals surface area (Å²) in [5.41, 5.74) is 0. The summed E-state index contributed by atoms with van der Waals surface area (Å²) in [4.78, 5) is 24.6. The summed E-state index contributed by atoms with van der Waals surface area (Å²) in [7, 11) is 0. The molecule has 0 saturated heterocycles. The topological polar surface area (TPSA) is 52.6 Å². The first-order chi connectivity index (χ1) is 10.7. The van der Waals surface area contributed by atoms with Crippen LogP contribution in [-0.4, -0.2) is 24.6 Å². The van der Waals surface area contributed by atoms with Crippen LogP contribution in [0.1, 0.15) is 77.6 Å². The molecule has 4 nitrogen and oxygen atoms in total.